The van der Waals surface area contributed by atoms with Crippen LogP contribution in [0.1, 0.15) is 26.7 Å². The highest BCUT2D eigenvalue weighted by atomic mass is 32.2. The van der Waals surface area contributed by atoms with Crippen molar-refractivity contribution in [3.05, 3.63) is 0 Å². The summed E-state index contributed by atoms with van der Waals surface area (Å²) in [6, 6.07) is -0.521. The number of terminal acetylenes is 1. The number of ether oxygens (including phenoxy) is 1. The Hall–Kier alpha value is -1.06. The molecule has 0 fully saturated rings. The third-order valence-corrected chi connectivity index (χ3v) is 3.20. The van der Waals surface area contributed by atoms with Crippen LogP contribution in [-0.4, -0.2) is 32.8 Å². The maximum atomic E-state index is 11.5. The highest BCUT2D eigenvalue weighted by Crippen LogP contribution is 1.97. The number of hydrogen-bond acceptors (Lipinski definition) is 4. The van der Waals surface area contributed by atoms with E-state index in [9.17, 15) is 13.2 Å². The third kappa shape index (κ3) is 6.43. The minimum absolute atomic E-state index is 0.163. The van der Waals surface area contributed by atoms with E-state index in [0.717, 1.165) is 0 Å². The van der Waals surface area contributed by atoms with Gasteiger partial charge >= 0.3 is 5.97 Å². The molecule has 0 rings (SSSR count). The van der Waals surface area contributed by atoms with Crippen molar-refractivity contribution < 1.29 is 17.9 Å². The van der Waals surface area contributed by atoms with Crippen molar-refractivity contribution in [2.24, 2.45) is 0 Å². The molecule has 92 valence electrons. The van der Waals surface area contributed by atoms with Crippen LogP contribution in [0.4, 0.5) is 0 Å². The van der Waals surface area contributed by atoms with Crippen molar-refractivity contribution >= 4 is 16.0 Å². The zero-order chi connectivity index (χ0) is 12.6. The predicted octanol–water partition coefficient (Wildman–Crippen LogP) is 0.271. The summed E-state index contributed by atoms with van der Waals surface area (Å²) >= 11 is 0. The van der Waals surface area contributed by atoms with Gasteiger partial charge in [-0.25, -0.2) is 13.1 Å². The summed E-state index contributed by atoms with van der Waals surface area (Å²) in [6.45, 7) is 3.68. The summed E-state index contributed by atoms with van der Waals surface area (Å²) in [4.78, 5) is 11.0. The quantitative estimate of drug-likeness (QED) is 0.518. The molecule has 0 aromatic heterocycles. The van der Waals surface area contributed by atoms with E-state index in [1.165, 1.54) is 0 Å². The van der Waals surface area contributed by atoms with E-state index in [1.54, 1.807) is 13.8 Å². The first-order valence-electron chi connectivity index (χ1n) is 5.07. The van der Waals surface area contributed by atoms with Crippen LogP contribution < -0.4 is 4.72 Å². The molecule has 1 atom stereocenters. The number of carbonyl (C=O) groups is 1. The minimum atomic E-state index is -3.51. The summed E-state index contributed by atoms with van der Waals surface area (Å²) < 4.78 is 29.8. The van der Waals surface area contributed by atoms with Gasteiger partial charge in [-0.3, -0.25) is 4.79 Å². The maximum absolute atomic E-state index is 11.5. The molecular formula is C10H17NO4S. The van der Waals surface area contributed by atoms with Crippen molar-refractivity contribution in [3.8, 4) is 12.3 Å². The van der Waals surface area contributed by atoms with Crippen LogP contribution in [0.15, 0.2) is 0 Å². The lowest BCUT2D eigenvalue weighted by Crippen LogP contribution is -2.35. The lowest BCUT2D eigenvalue weighted by molar-refractivity contribution is -0.142. The number of esters is 1. The van der Waals surface area contributed by atoms with Gasteiger partial charge in [0.25, 0.3) is 0 Å². The molecule has 1 unspecified atom stereocenters. The Bertz CT molecular complexity index is 356. The predicted molar refractivity (Wildman–Crippen MR) is 61.1 cm³/mol. The Kier molecular flexibility index (Phi) is 6.77. The zero-order valence-electron chi connectivity index (χ0n) is 9.52. The molecule has 0 aromatic rings. The first-order chi connectivity index (χ1) is 7.45. The van der Waals surface area contributed by atoms with Crippen LogP contribution in [0.2, 0.25) is 0 Å². The van der Waals surface area contributed by atoms with Gasteiger partial charge in [0, 0.05) is 0 Å². The molecule has 0 amide bonds. The van der Waals surface area contributed by atoms with E-state index in [4.69, 9.17) is 6.42 Å². The molecule has 0 bridgehead atoms. The average molecular weight is 247 g/mol. The number of nitrogens with one attached hydrogen (secondary N) is 1. The Labute approximate surface area is 96.6 Å². The Morgan fingerprint density at radius 2 is 2.12 bits per heavy atom. The van der Waals surface area contributed by atoms with Gasteiger partial charge in [-0.1, -0.05) is 12.8 Å². The molecule has 0 saturated carbocycles. The van der Waals surface area contributed by atoms with Gasteiger partial charge in [-0.2, -0.15) is 0 Å². The molecule has 6 heteroatoms. The monoisotopic (exact) mass is 247 g/mol. The zero-order valence-corrected chi connectivity index (χ0v) is 10.3. The second-order valence-corrected chi connectivity index (χ2v) is 4.99. The topological polar surface area (TPSA) is 72.5 Å². The molecule has 0 radical (unpaired) electrons. The highest BCUT2D eigenvalue weighted by molar-refractivity contribution is 7.89. The molecule has 0 heterocycles. The maximum Gasteiger partial charge on any atom is 0.306 e. The first-order valence-corrected chi connectivity index (χ1v) is 6.72. The molecule has 0 spiro atoms. The molecular weight excluding hydrogens is 230 g/mol. The van der Waals surface area contributed by atoms with Gasteiger partial charge in [0.15, 0.2) is 0 Å². The largest absolute Gasteiger partial charge is 0.466 e. The smallest absolute Gasteiger partial charge is 0.306 e. The molecule has 1 N–H and O–H groups in total. The fourth-order valence-electron chi connectivity index (χ4n) is 0.962. The first kappa shape index (κ1) is 14.9. The van der Waals surface area contributed by atoms with Crippen molar-refractivity contribution in [1.82, 2.24) is 4.72 Å². The van der Waals surface area contributed by atoms with Gasteiger partial charge in [0.2, 0.25) is 10.0 Å². The van der Waals surface area contributed by atoms with E-state index in [2.05, 4.69) is 15.4 Å². The van der Waals surface area contributed by atoms with Gasteiger partial charge in [-0.15, -0.1) is 6.42 Å². The van der Waals surface area contributed by atoms with Crippen molar-refractivity contribution in [1.29, 1.82) is 0 Å². The average Bonchev–Trinajstić information content (AvgIpc) is 2.24. The summed E-state index contributed by atoms with van der Waals surface area (Å²) in [5.41, 5.74) is 0. The summed E-state index contributed by atoms with van der Waals surface area (Å²) in [5, 5.41) is 0. The fraction of sp³-hybridized carbons (Fsp3) is 0.700. The molecule has 0 aromatic carbocycles. The van der Waals surface area contributed by atoms with Gasteiger partial charge in [-0.05, 0) is 13.3 Å². The summed E-state index contributed by atoms with van der Waals surface area (Å²) in [6.07, 6.45) is 5.47. The van der Waals surface area contributed by atoms with Crippen molar-refractivity contribution in [3.63, 3.8) is 0 Å². The third-order valence-electron chi connectivity index (χ3n) is 1.81. The van der Waals surface area contributed by atoms with Gasteiger partial charge < -0.3 is 4.74 Å². The highest BCUT2D eigenvalue weighted by Gasteiger charge is 2.16. The number of sulfonamides is 1. The number of carbonyl (C=O) groups excluding carboxylic acids is 1. The lowest BCUT2D eigenvalue weighted by Gasteiger charge is -2.10. The van der Waals surface area contributed by atoms with E-state index in [1.807, 2.05) is 0 Å². The normalized spacial score (nSPS) is 12.8. The number of rotatable bonds is 7. The van der Waals surface area contributed by atoms with Gasteiger partial charge in [0.1, 0.15) is 0 Å². The molecule has 16 heavy (non-hydrogen) atoms. The Morgan fingerprint density at radius 3 is 2.56 bits per heavy atom. The van der Waals surface area contributed by atoms with E-state index in [0.29, 0.717) is 6.42 Å². The summed E-state index contributed by atoms with van der Waals surface area (Å²) in [5.74, 6) is 1.49. The SMILES string of the molecule is C#CC(CC)NS(=O)(=O)CCC(=O)OCC. The molecule has 0 aliphatic rings. The molecule has 0 aliphatic carbocycles. The second kappa shape index (κ2) is 7.25. The molecule has 5 nitrogen and oxygen atoms in total. The second-order valence-electron chi connectivity index (χ2n) is 3.12. The lowest BCUT2D eigenvalue weighted by atomic mass is 10.3. The van der Waals surface area contributed by atoms with Crippen LogP contribution in [0.25, 0.3) is 0 Å². The Balaban J connectivity index is 4.16. The van der Waals surface area contributed by atoms with Gasteiger partial charge in [0.05, 0.1) is 24.8 Å². The van der Waals surface area contributed by atoms with Crippen molar-refractivity contribution in [2.45, 2.75) is 32.7 Å². The minimum Gasteiger partial charge on any atom is -0.466 e. The van der Waals surface area contributed by atoms with Crippen molar-refractivity contribution in [2.75, 3.05) is 12.4 Å². The summed E-state index contributed by atoms with van der Waals surface area (Å²) in [7, 11) is -3.51. The van der Waals surface area contributed by atoms with E-state index >= 15 is 0 Å². The van der Waals surface area contributed by atoms with Crippen LogP contribution in [0.5, 0.6) is 0 Å². The van der Waals surface area contributed by atoms with Crippen LogP contribution in [0, 0.1) is 12.3 Å². The van der Waals surface area contributed by atoms with Crippen LogP contribution >= 0.6 is 0 Å². The van der Waals surface area contributed by atoms with E-state index < -0.39 is 22.0 Å². The Morgan fingerprint density at radius 1 is 1.50 bits per heavy atom. The fourth-order valence-corrected chi connectivity index (χ4v) is 2.18. The van der Waals surface area contributed by atoms with Crippen LogP contribution in [0.3, 0.4) is 0 Å². The standard InChI is InChI=1S/C10H17NO4S/c1-4-9(5-2)11-16(13,14)8-7-10(12)15-6-3/h1,9,11H,5-8H2,2-3H3. The van der Waals surface area contributed by atoms with E-state index in [-0.39, 0.29) is 18.8 Å². The molecule has 0 aliphatic heterocycles. The van der Waals surface area contributed by atoms with Crippen LogP contribution in [-0.2, 0) is 19.6 Å². The molecule has 0 saturated heterocycles. The number of hydrogen-bond donors (Lipinski definition) is 1.